The van der Waals surface area contributed by atoms with Gasteiger partial charge in [0.1, 0.15) is 5.69 Å². The first-order valence-electron chi connectivity index (χ1n) is 8.41. The second-order valence-electron chi connectivity index (χ2n) is 5.54. The van der Waals surface area contributed by atoms with Crippen LogP contribution in [0, 0.1) is 0 Å². The minimum atomic E-state index is -0.397. The molecule has 2 heterocycles. The van der Waals surface area contributed by atoms with Gasteiger partial charge >= 0.3 is 6.03 Å². The molecule has 0 aliphatic rings. The van der Waals surface area contributed by atoms with Gasteiger partial charge in [0.05, 0.1) is 0 Å². The highest BCUT2D eigenvalue weighted by atomic mass is 16.2. The number of pyridine rings is 1. The molecule has 3 N–H and O–H groups in total. The van der Waals surface area contributed by atoms with Crippen LogP contribution in [0.2, 0.25) is 0 Å². The molecule has 0 atom stereocenters. The number of nitrogens with one attached hydrogen (secondary N) is 3. The highest BCUT2D eigenvalue weighted by Crippen LogP contribution is 2.23. The van der Waals surface area contributed by atoms with Gasteiger partial charge < -0.3 is 10.6 Å². The minimum absolute atomic E-state index is 0.131. The third kappa shape index (κ3) is 3.64. The molecule has 134 valence electrons. The molecule has 26 heavy (non-hydrogen) atoms. The van der Waals surface area contributed by atoms with Crippen LogP contribution in [-0.4, -0.2) is 39.6 Å². The lowest BCUT2D eigenvalue weighted by atomic mass is 10.1. The largest absolute Gasteiger partial charge is 0.351 e. The number of aromatic nitrogens is 3. The van der Waals surface area contributed by atoms with Crippen molar-refractivity contribution in [1.29, 1.82) is 0 Å². The molecule has 3 amide bonds. The molecule has 8 nitrogen and oxygen atoms in total. The summed E-state index contributed by atoms with van der Waals surface area (Å²) < 4.78 is 1.43. The van der Waals surface area contributed by atoms with E-state index >= 15 is 0 Å². The van der Waals surface area contributed by atoms with Crippen molar-refractivity contribution in [2.75, 3.05) is 18.4 Å². The van der Waals surface area contributed by atoms with Crippen molar-refractivity contribution in [2.45, 2.75) is 13.8 Å². The van der Waals surface area contributed by atoms with Gasteiger partial charge in [-0.2, -0.15) is 4.98 Å². The normalized spacial score (nSPS) is 10.5. The molecular weight excluding hydrogens is 332 g/mol. The molecule has 2 aromatic heterocycles. The SMILES string of the molecule is CCNC(=O)Nc1nc2cc(-c3ccccc3)cc(C(=O)NCC)n2n1. The fourth-order valence-electron chi connectivity index (χ4n) is 2.55. The van der Waals surface area contributed by atoms with E-state index < -0.39 is 6.03 Å². The fraction of sp³-hybridized carbons (Fsp3) is 0.222. The summed E-state index contributed by atoms with van der Waals surface area (Å²) in [6.45, 7) is 4.64. The Morgan fingerprint density at radius 3 is 2.42 bits per heavy atom. The van der Waals surface area contributed by atoms with Gasteiger partial charge in [-0.3, -0.25) is 10.1 Å². The zero-order chi connectivity index (χ0) is 18.5. The Balaban J connectivity index is 2.09. The van der Waals surface area contributed by atoms with Gasteiger partial charge in [-0.15, -0.1) is 5.10 Å². The van der Waals surface area contributed by atoms with Crippen LogP contribution in [-0.2, 0) is 0 Å². The van der Waals surface area contributed by atoms with E-state index in [9.17, 15) is 9.59 Å². The van der Waals surface area contributed by atoms with Crippen LogP contribution in [0.15, 0.2) is 42.5 Å². The molecular formula is C18H20N6O2. The van der Waals surface area contributed by atoms with E-state index in [1.54, 1.807) is 6.07 Å². The quantitative estimate of drug-likeness (QED) is 0.656. The van der Waals surface area contributed by atoms with E-state index in [2.05, 4.69) is 26.0 Å². The molecule has 0 radical (unpaired) electrons. The molecule has 0 saturated heterocycles. The summed E-state index contributed by atoms with van der Waals surface area (Å²) in [4.78, 5) is 28.5. The van der Waals surface area contributed by atoms with E-state index in [4.69, 9.17) is 0 Å². The maximum absolute atomic E-state index is 12.5. The summed E-state index contributed by atoms with van der Waals surface area (Å²) in [5, 5.41) is 12.2. The molecule has 0 saturated carbocycles. The average Bonchev–Trinajstić information content (AvgIpc) is 3.04. The first kappa shape index (κ1) is 17.4. The molecule has 0 aliphatic heterocycles. The number of hydrogen-bond donors (Lipinski definition) is 3. The highest BCUT2D eigenvalue weighted by molar-refractivity contribution is 5.95. The first-order valence-corrected chi connectivity index (χ1v) is 8.41. The van der Waals surface area contributed by atoms with E-state index in [-0.39, 0.29) is 11.9 Å². The van der Waals surface area contributed by atoms with Crippen molar-refractivity contribution in [3.63, 3.8) is 0 Å². The molecule has 0 bridgehead atoms. The molecule has 8 heteroatoms. The van der Waals surface area contributed by atoms with Gasteiger partial charge in [-0.1, -0.05) is 30.3 Å². The summed E-state index contributed by atoms with van der Waals surface area (Å²) >= 11 is 0. The third-order valence-corrected chi connectivity index (χ3v) is 3.68. The monoisotopic (exact) mass is 352 g/mol. The molecule has 3 rings (SSSR count). The van der Waals surface area contributed by atoms with E-state index in [1.165, 1.54) is 4.52 Å². The summed E-state index contributed by atoms with van der Waals surface area (Å²) in [7, 11) is 0. The molecule has 1 aromatic carbocycles. The zero-order valence-electron chi connectivity index (χ0n) is 14.6. The lowest BCUT2D eigenvalue weighted by Crippen LogP contribution is -2.28. The number of hydrogen-bond acceptors (Lipinski definition) is 4. The number of rotatable bonds is 5. The van der Waals surface area contributed by atoms with E-state index in [0.717, 1.165) is 11.1 Å². The van der Waals surface area contributed by atoms with E-state index in [1.807, 2.05) is 50.2 Å². The standard InChI is InChI=1S/C18H20N6O2/c1-3-19-16(25)14-10-13(12-8-6-5-7-9-12)11-15-21-17(23-24(14)15)22-18(26)20-4-2/h5-11H,3-4H2,1-2H3,(H,19,25)(H2,20,22,23,26). The summed E-state index contributed by atoms with van der Waals surface area (Å²) in [5.74, 6) is -0.128. The van der Waals surface area contributed by atoms with Crippen LogP contribution >= 0.6 is 0 Å². The molecule has 0 spiro atoms. The van der Waals surface area contributed by atoms with Crippen molar-refractivity contribution in [3.05, 3.63) is 48.2 Å². The Labute approximate surface area is 150 Å². The minimum Gasteiger partial charge on any atom is -0.351 e. The van der Waals surface area contributed by atoms with Gasteiger partial charge in [0, 0.05) is 13.1 Å². The van der Waals surface area contributed by atoms with Crippen molar-refractivity contribution in [2.24, 2.45) is 0 Å². The topological polar surface area (TPSA) is 100 Å². The first-order chi connectivity index (χ1) is 12.6. The maximum atomic E-state index is 12.5. The number of benzene rings is 1. The van der Waals surface area contributed by atoms with Crippen LogP contribution in [0.4, 0.5) is 10.7 Å². The Kier molecular flexibility index (Phi) is 5.12. The van der Waals surface area contributed by atoms with Crippen LogP contribution in [0.1, 0.15) is 24.3 Å². The van der Waals surface area contributed by atoms with Crippen LogP contribution in [0.3, 0.4) is 0 Å². The van der Waals surface area contributed by atoms with Crippen LogP contribution < -0.4 is 16.0 Å². The number of anilines is 1. The smallest absolute Gasteiger partial charge is 0.321 e. The van der Waals surface area contributed by atoms with Gasteiger partial charge in [0.2, 0.25) is 0 Å². The summed E-state index contributed by atoms with van der Waals surface area (Å²) in [6, 6.07) is 12.9. The van der Waals surface area contributed by atoms with Gasteiger partial charge in [-0.25, -0.2) is 9.31 Å². The van der Waals surface area contributed by atoms with Gasteiger partial charge in [-0.05, 0) is 37.1 Å². The lowest BCUT2D eigenvalue weighted by Gasteiger charge is -2.08. The number of urea groups is 1. The van der Waals surface area contributed by atoms with Crippen molar-refractivity contribution in [1.82, 2.24) is 25.2 Å². The van der Waals surface area contributed by atoms with E-state index in [0.29, 0.717) is 24.4 Å². The number of nitrogens with zero attached hydrogens (tertiary/aromatic N) is 3. The van der Waals surface area contributed by atoms with Crippen molar-refractivity contribution in [3.8, 4) is 11.1 Å². The third-order valence-electron chi connectivity index (χ3n) is 3.68. The molecule has 0 aliphatic carbocycles. The Hall–Kier alpha value is -3.42. The summed E-state index contributed by atoms with van der Waals surface area (Å²) in [5.41, 5.74) is 2.62. The Morgan fingerprint density at radius 2 is 1.73 bits per heavy atom. The number of amides is 3. The average molecular weight is 352 g/mol. The highest BCUT2D eigenvalue weighted by Gasteiger charge is 2.16. The Bertz CT molecular complexity index is 936. The number of carbonyl (C=O) groups is 2. The molecule has 0 unspecified atom stereocenters. The van der Waals surface area contributed by atoms with Crippen molar-refractivity contribution >= 4 is 23.5 Å². The molecule has 0 fully saturated rings. The molecule has 3 aromatic rings. The maximum Gasteiger partial charge on any atom is 0.321 e. The predicted molar refractivity (Wildman–Crippen MR) is 99.1 cm³/mol. The summed E-state index contributed by atoms with van der Waals surface area (Å²) in [6.07, 6.45) is 0. The second kappa shape index (κ2) is 7.64. The zero-order valence-corrected chi connectivity index (χ0v) is 14.6. The van der Waals surface area contributed by atoms with Crippen LogP contribution in [0.5, 0.6) is 0 Å². The number of carbonyl (C=O) groups excluding carboxylic acids is 2. The predicted octanol–water partition coefficient (Wildman–Crippen LogP) is 2.29. The number of fused-ring (bicyclic) bond motifs is 1. The lowest BCUT2D eigenvalue weighted by molar-refractivity contribution is 0.0948. The Morgan fingerprint density at radius 1 is 1.00 bits per heavy atom. The van der Waals surface area contributed by atoms with Gasteiger partial charge in [0.25, 0.3) is 11.9 Å². The van der Waals surface area contributed by atoms with Gasteiger partial charge in [0.15, 0.2) is 5.65 Å². The second-order valence-corrected chi connectivity index (χ2v) is 5.54. The van der Waals surface area contributed by atoms with Crippen molar-refractivity contribution < 1.29 is 9.59 Å². The fourth-order valence-corrected chi connectivity index (χ4v) is 2.55. The van der Waals surface area contributed by atoms with Crippen LogP contribution in [0.25, 0.3) is 16.8 Å².